The third-order valence-electron chi connectivity index (χ3n) is 3.79. The highest BCUT2D eigenvalue weighted by molar-refractivity contribution is 7.92. The maximum Gasteiger partial charge on any atom is 0.155 e. The Kier molecular flexibility index (Phi) is 5.25. The van der Waals surface area contributed by atoms with Gasteiger partial charge in [0.05, 0.1) is 17.1 Å². The van der Waals surface area contributed by atoms with E-state index in [1.165, 1.54) is 0 Å². The van der Waals surface area contributed by atoms with Crippen molar-refractivity contribution in [2.75, 3.05) is 5.75 Å². The maximum atomic E-state index is 11.8. The summed E-state index contributed by atoms with van der Waals surface area (Å²) < 4.78 is 23.6. The van der Waals surface area contributed by atoms with Crippen molar-refractivity contribution in [1.29, 1.82) is 0 Å². The molecule has 0 saturated carbocycles. The molecule has 0 bridgehead atoms. The number of hydrogen-bond donors (Lipinski definition) is 1. The fourth-order valence-corrected chi connectivity index (χ4v) is 4.55. The minimum atomic E-state index is -3.03. The van der Waals surface area contributed by atoms with Crippen LogP contribution in [0.4, 0.5) is 0 Å². The Labute approximate surface area is 99.2 Å². The van der Waals surface area contributed by atoms with Crippen LogP contribution in [0.5, 0.6) is 0 Å². The van der Waals surface area contributed by atoms with Crippen molar-refractivity contribution in [1.82, 2.24) is 0 Å². The Morgan fingerprint density at radius 2 is 1.88 bits per heavy atom. The van der Waals surface area contributed by atoms with Crippen LogP contribution in [0.2, 0.25) is 0 Å². The molecule has 0 aromatic rings. The van der Waals surface area contributed by atoms with Crippen molar-refractivity contribution in [2.45, 2.75) is 63.7 Å². The molecule has 96 valence electrons. The van der Waals surface area contributed by atoms with Crippen LogP contribution >= 0.6 is 0 Å². The van der Waals surface area contributed by atoms with Gasteiger partial charge in [-0.1, -0.05) is 33.1 Å². The summed E-state index contributed by atoms with van der Waals surface area (Å²) in [6.45, 7) is 4.19. The van der Waals surface area contributed by atoms with E-state index in [0.717, 1.165) is 25.7 Å². The van der Waals surface area contributed by atoms with Crippen LogP contribution in [0.25, 0.3) is 0 Å². The van der Waals surface area contributed by atoms with E-state index in [-0.39, 0.29) is 5.75 Å². The molecule has 0 radical (unpaired) electrons. The summed E-state index contributed by atoms with van der Waals surface area (Å²) in [5.41, 5.74) is 0. The summed E-state index contributed by atoms with van der Waals surface area (Å²) in [7, 11) is -3.03. The van der Waals surface area contributed by atoms with Crippen molar-refractivity contribution in [2.24, 2.45) is 5.92 Å². The van der Waals surface area contributed by atoms with Crippen molar-refractivity contribution in [3.63, 3.8) is 0 Å². The van der Waals surface area contributed by atoms with E-state index in [1.54, 1.807) is 0 Å². The zero-order valence-corrected chi connectivity index (χ0v) is 11.2. The van der Waals surface area contributed by atoms with Gasteiger partial charge in [-0.25, -0.2) is 8.42 Å². The van der Waals surface area contributed by atoms with Crippen LogP contribution in [0, 0.1) is 5.92 Å². The lowest BCUT2D eigenvalue weighted by atomic mass is 9.93. The molecular weight excluding hydrogens is 224 g/mol. The third-order valence-corrected chi connectivity index (χ3v) is 6.12. The first-order chi connectivity index (χ1) is 7.51. The molecule has 4 heteroatoms. The predicted molar refractivity (Wildman–Crippen MR) is 66.1 cm³/mol. The number of aliphatic hydroxyl groups is 1. The quantitative estimate of drug-likeness (QED) is 0.811. The molecule has 16 heavy (non-hydrogen) atoms. The van der Waals surface area contributed by atoms with Gasteiger partial charge >= 0.3 is 0 Å². The van der Waals surface area contributed by atoms with E-state index < -0.39 is 21.2 Å². The van der Waals surface area contributed by atoms with Crippen LogP contribution < -0.4 is 0 Å². The third kappa shape index (κ3) is 3.45. The van der Waals surface area contributed by atoms with Gasteiger partial charge < -0.3 is 5.11 Å². The molecule has 2 atom stereocenters. The van der Waals surface area contributed by atoms with E-state index in [2.05, 4.69) is 13.8 Å². The lowest BCUT2D eigenvalue weighted by Gasteiger charge is -2.28. The largest absolute Gasteiger partial charge is 0.392 e. The van der Waals surface area contributed by atoms with Gasteiger partial charge in [0.1, 0.15) is 0 Å². The number of sulfone groups is 1. The van der Waals surface area contributed by atoms with Crippen molar-refractivity contribution >= 4 is 9.84 Å². The molecule has 1 rings (SSSR count). The van der Waals surface area contributed by atoms with Crippen LogP contribution in [-0.2, 0) is 9.84 Å². The lowest BCUT2D eigenvalue weighted by Crippen LogP contribution is -2.39. The fraction of sp³-hybridized carbons (Fsp3) is 1.00. The standard InChI is InChI=1S/C12H24O3S/c1-3-10(4-2)9-11(13)12-7-5-6-8-16(12,14)15/h10-13H,3-9H2,1-2H3. The molecule has 3 nitrogen and oxygen atoms in total. The van der Waals surface area contributed by atoms with Gasteiger partial charge in [-0.15, -0.1) is 0 Å². The summed E-state index contributed by atoms with van der Waals surface area (Å²) in [4.78, 5) is 0. The first-order valence-corrected chi connectivity index (χ1v) is 8.12. The van der Waals surface area contributed by atoms with E-state index in [0.29, 0.717) is 18.8 Å². The number of aliphatic hydroxyl groups excluding tert-OH is 1. The molecule has 0 aromatic carbocycles. The van der Waals surface area contributed by atoms with E-state index >= 15 is 0 Å². The Bertz CT molecular complexity index is 293. The molecule has 1 N–H and O–H groups in total. The second-order valence-electron chi connectivity index (χ2n) is 4.89. The van der Waals surface area contributed by atoms with Crippen LogP contribution in [0.1, 0.15) is 52.4 Å². The summed E-state index contributed by atoms with van der Waals surface area (Å²) in [5, 5.41) is 9.56. The highest BCUT2D eigenvalue weighted by Gasteiger charge is 2.35. The molecule has 2 unspecified atom stereocenters. The average Bonchev–Trinajstić information content (AvgIpc) is 2.24. The highest BCUT2D eigenvalue weighted by atomic mass is 32.2. The summed E-state index contributed by atoms with van der Waals surface area (Å²) >= 11 is 0. The second kappa shape index (κ2) is 6.01. The van der Waals surface area contributed by atoms with Crippen molar-refractivity contribution in [3.8, 4) is 0 Å². The van der Waals surface area contributed by atoms with E-state index in [1.807, 2.05) is 0 Å². The highest BCUT2D eigenvalue weighted by Crippen LogP contribution is 2.26. The van der Waals surface area contributed by atoms with E-state index in [4.69, 9.17) is 0 Å². The molecular formula is C12H24O3S. The molecule has 1 fully saturated rings. The van der Waals surface area contributed by atoms with Gasteiger partial charge in [-0.2, -0.15) is 0 Å². The smallest absolute Gasteiger partial charge is 0.155 e. The molecule has 1 aliphatic heterocycles. The minimum absolute atomic E-state index is 0.262. The first kappa shape index (κ1) is 14.0. The summed E-state index contributed by atoms with van der Waals surface area (Å²) in [6.07, 6.45) is 4.34. The normalized spacial score (nSPS) is 26.9. The van der Waals surface area contributed by atoms with Crippen molar-refractivity contribution in [3.05, 3.63) is 0 Å². The fourth-order valence-electron chi connectivity index (χ4n) is 2.53. The van der Waals surface area contributed by atoms with Gasteiger partial charge in [-0.3, -0.25) is 0 Å². The topological polar surface area (TPSA) is 54.4 Å². The van der Waals surface area contributed by atoms with E-state index in [9.17, 15) is 13.5 Å². The lowest BCUT2D eigenvalue weighted by molar-refractivity contribution is 0.128. The van der Waals surface area contributed by atoms with Crippen LogP contribution in [0.15, 0.2) is 0 Å². The van der Waals surface area contributed by atoms with Gasteiger partial charge in [0.25, 0.3) is 0 Å². The Morgan fingerprint density at radius 1 is 1.25 bits per heavy atom. The second-order valence-corrected chi connectivity index (χ2v) is 7.23. The van der Waals surface area contributed by atoms with Gasteiger partial charge in [0.2, 0.25) is 0 Å². The van der Waals surface area contributed by atoms with Crippen LogP contribution in [0.3, 0.4) is 0 Å². The van der Waals surface area contributed by atoms with Gasteiger partial charge in [-0.05, 0) is 25.2 Å². The molecule has 1 heterocycles. The zero-order chi connectivity index (χ0) is 12.2. The van der Waals surface area contributed by atoms with Gasteiger partial charge in [0, 0.05) is 0 Å². The summed E-state index contributed by atoms with van der Waals surface area (Å²) in [6, 6.07) is 0. The predicted octanol–water partition coefficient (Wildman–Crippen LogP) is 2.14. The molecule has 0 aromatic heterocycles. The average molecular weight is 248 g/mol. The Morgan fingerprint density at radius 3 is 2.38 bits per heavy atom. The summed E-state index contributed by atoms with van der Waals surface area (Å²) in [5.74, 6) is 0.713. The maximum absolute atomic E-state index is 11.8. The van der Waals surface area contributed by atoms with Crippen molar-refractivity contribution < 1.29 is 13.5 Å². The number of hydrogen-bond acceptors (Lipinski definition) is 3. The molecule has 0 aliphatic carbocycles. The van der Waals surface area contributed by atoms with Gasteiger partial charge in [0.15, 0.2) is 9.84 Å². The SMILES string of the molecule is CCC(CC)CC(O)C1CCCCS1(=O)=O. The Balaban J connectivity index is 2.61. The monoisotopic (exact) mass is 248 g/mol. The van der Waals surface area contributed by atoms with Crippen LogP contribution in [-0.4, -0.2) is 30.6 Å². The minimum Gasteiger partial charge on any atom is -0.392 e. The Hall–Kier alpha value is -0.0900. The first-order valence-electron chi connectivity index (χ1n) is 6.40. The molecule has 0 spiro atoms. The molecule has 0 amide bonds. The zero-order valence-electron chi connectivity index (χ0n) is 10.4. The molecule has 1 saturated heterocycles. The molecule has 1 aliphatic rings. The number of rotatable bonds is 5.